The minimum Gasteiger partial charge on any atom is -0.462 e. The normalized spacial score (nSPS) is 13.3. The Hall–Kier alpha value is -5.23. The maximum atomic E-state index is 12.9. The molecule has 0 aromatic carbocycles. The van der Waals surface area contributed by atoms with Crippen LogP contribution in [0.25, 0.3) is 0 Å². The Bertz CT molecular complexity index is 1820. The van der Waals surface area contributed by atoms with E-state index in [0.29, 0.717) is 19.3 Å². The smallest absolute Gasteiger partial charge is 0.306 e. The Balaban J connectivity index is 4.53. The highest BCUT2D eigenvalue weighted by Crippen LogP contribution is 2.14. The molecular weight excluding hydrogens is 973 g/mol. The highest BCUT2D eigenvalue weighted by atomic mass is 16.6. The van der Waals surface area contributed by atoms with Crippen LogP contribution < -0.4 is 0 Å². The predicted octanol–water partition coefficient (Wildman–Crippen LogP) is 21.9. The number of carbonyl (C=O) groups excluding carboxylic acids is 3. The van der Waals surface area contributed by atoms with E-state index < -0.39 is 6.10 Å². The Morgan fingerprint density at radius 1 is 0.266 bits per heavy atom. The van der Waals surface area contributed by atoms with Gasteiger partial charge in [-0.1, -0.05) is 268 Å². The number of unbranched alkanes of at least 4 members (excludes halogenated alkanes) is 16. The topological polar surface area (TPSA) is 78.9 Å². The van der Waals surface area contributed by atoms with E-state index in [2.05, 4.69) is 191 Å². The van der Waals surface area contributed by atoms with Gasteiger partial charge in [-0.2, -0.15) is 0 Å². The zero-order chi connectivity index (χ0) is 57.1. The third-order valence-corrected chi connectivity index (χ3v) is 12.7. The molecule has 0 aliphatic carbocycles. The Morgan fingerprint density at radius 3 is 0.772 bits per heavy atom. The van der Waals surface area contributed by atoms with Crippen LogP contribution in [0.5, 0.6) is 0 Å². The molecule has 0 bridgehead atoms. The SMILES string of the molecule is CC/C=C\C/C=C\C/C=C\C/C=C\C/C=C\C/C=C\C/C=C\C/C=C\CCCCC(=O)OCC(COC(=O)CCCCCCCCCCCCCCC)OC(=O)CCCC/C=C\C/C=C\C/C=C\C/C=C\C/C=C\C/C=C\CC. The van der Waals surface area contributed by atoms with Crippen molar-refractivity contribution in [3.05, 3.63) is 170 Å². The molecular formula is C73H114O6. The summed E-state index contributed by atoms with van der Waals surface area (Å²) in [6, 6.07) is 0. The van der Waals surface area contributed by atoms with Crippen molar-refractivity contribution in [2.45, 2.75) is 258 Å². The second kappa shape index (κ2) is 65.3. The fourth-order valence-corrected chi connectivity index (χ4v) is 8.05. The van der Waals surface area contributed by atoms with Crippen LogP contribution in [0.1, 0.15) is 252 Å². The average Bonchev–Trinajstić information content (AvgIpc) is 3.45. The average molecular weight is 1090 g/mol. The van der Waals surface area contributed by atoms with Gasteiger partial charge in [0.1, 0.15) is 13.2 Å². The first-order chi connectivity index (χ1) is 39.0. The van der Waals surface area contributed by atoms with Crippen molar-refractivity contribution < 1.29 is 28.6 Å². The van der Waals surface area contributed by atoms with Gasteiger partial charge in [0.25, 0.3) is 0 Å². The summed E-state index contributed by atoms with van der Waals surface area (Å²) in [6.07, 6.45) is 96.4. The van der Waals surface area contributed by atoms with Gasteiger partial charge >= 0.3 is 17.9 Å². The van der Waals surface area contributed by atoms with Crippen LogP contribution in [0.3, 0.4) is 0 Å². The Kier molecular flexibility index (Phi) is 61.0. The summed E-state index contributed by atoms with van der Waals surface area (Å²) in [7, 11) is 0. The first-order valence-electron chi connectivity index (χ1n) is 31.6. The molecule has 0 amide bonds. The van der Waals surface area contributed by atoms with E-state index in [1.165, 1.54) is 64.2 Å². The van der Waals surface area contributed by atoms with Gasteiger partial charge in [-0.05, 0) is 135 Å². The molecule has 0 N–H and O–H groups in total. The van der Waals surface area contributed by atoms with Crippen LogP contribution in [0.4, 0.5) is 0 Å². The predicted molar refractivity (Wildman–Crippen MR) is 343 cm³/mol. The van der Waals surface area contributed by atoms with Crippen molar-refractivity contribution in [2.24, 2.45) is 0 Å². The largest absolute Gasteiger partial charge is 0.462 e. The number of rotatable bonds is 55. The third kappa shape index (κ3) is 63.5. The molecule has 6 heteroatoms. The van der Waals surface area contributed by atoms with Crippen LogP contribution in [-0.2, 0) is 28.6 Å². The van der Waals surface area contributed by atoms with E-state index in [-0.39, 0.29) is 44.0 Å². The van der Waals surface area contributed by atoms with Gasteiger partial charge in [-0.3, -0.25) is 14.4 Å². The molecule has 0 aliphatic rings. The van der Waals surface area contributed by atoms with Gasteiger partial charge in [0, 0.05) is 19.3 Å². The lowest BCUT2D eigenvalue weighted by atomic mass is 10.0. The van der Waals surface area contributed by atoms with Gasteiger partial charge in [-0.15, -0.1) is 0 Å². The van der Waals surface area contributed by atoms with Crippen LogP contribution in [0.2, 0.25) is 0 Å². The van der Waals surface area contributed by atoms with E-state index in [0.717, 1.165) is 135 Å². The first-order valence-corrected chi connectivity index (χ1v) is 31.6. The van der Waals surface area contributed by atoms with Gasteiger partial charge in [-0.25, -0.2) is 0 Å². The summed E-state index contributed by atoms with van der Waals surface area (Å²) >= 11 is 0. The summed E-state index contributed by atoms with van der Waals surface area (Å²) in [6.45, 7) is 6.33. The summed E-state index contributed by atoms with van der Waals surface area (Å²) in [4.78, 5) is 38.3. The molecule has 6 nitrogen and oxygen atoms in total. The summed E-state index contributed by atoms with van der Waals surface area (Å²) in [5, 5.41) is 0. The number of hydrogen-bond donors (Lipinski definition) is 0. The Labute approximate surface area is 485 Å². The highest BCUT2D eigenvalue weighted by Gasteiger charge is 2.19. The third-order valence-electron chi connectivity index (χ3n) is 12.7. The lowest BCUT2D eigenvalue weighted by Crippen LogP contribution is -2.30. The van der Waals surface area contributed by atoms with Gasteiger partial charge in [0.15, 0.2) is 6.10 Å². The second-order valence-corrected chi connectivity index (χ2v) is 20.2. The standard InChI is InChI=1S/C73H114O6/c1-4-7-10-13-16-19-22-25-27-29-31-33-34-35-36-37-38-40-41-43-45-48-51-54-57-60-63-66-72(75)78-69-70(68-77-71(74)65-62-59-56-53-50-47-24-21-18-15-12-9-6-3)79-73(76)67-64-61-58-55-52-49-46-44-42-39-32-30-28-26-23-20-17-14-11-8-5-2/h7-8,10-11,16-17,19-20,25-28,31-33,35-36,38-40,43-46,51-52,54-55,70H,4-6,9,12-15,18,21-24,29-30,34,37,41-42,47-50,53,56-69H2,1-3H3/b10-7-,11-8-,19-16-,20-17-,27-25-,28-26-,33-31-,36-35-,39-32-,40-38-,45-43-,46-44-,54-51-,55-52-. The van der Waals surface area contributed by atoms with Crippen molar-refractivity contribution >= 4 is 17.9 Å². The molecule has 0 saturated heterocycles. The molecule has 0 spiro atoms. The number of allylic oxidation sites excluding steroid dienone is 28. The fourth-order valence-electron chi connectivity index (χ4n) is 8.05. The lowest BCUT2D eigenvalue weighted by Gasteiger charge is -2.18. The second-order valence-electron chi connectivity index (χ2n) is 20.2. The molecule has 1 unspecified atom stereocenters. The number of esters is 3. The van der Waals surface area contributed by atoms with Crippen molar-refractivity contribution in [3.63, 3.8) is 0 Å². The molecule has 0 radical (unpaired) electrons. The summed E-state index contributed by atoms with van der Waals surface area (Å²) in [5.74, 6) is -1.01. The monoisotopic (exact) mass is 1090 g/mol. The first kappa shape index (κ1) is 73.8. The van der Waals surface area contributed by atoms with Crippen molar-refractivity contribution in [2.75, 3.05) is 13.2 Å². The highest BCUT2D eigenvalue weighted by molar-refractivity contribution is 5.71. The van der Waals surface area contributed by atoms with Gasteiger partial charge in [0.2, 0.25) is 0 Å². The lowest BCUT2D eigenvalue weighted by molar-refractivity contribution is -0.167. The van der Waals surface area contributed by atoms with E-state index in [4.69, 9.17) is 14.2 Å². The van der Waals surface area contributed by atoms with Crippen LogP contribution in [0.15, 0.2) is 170 Å². The van der Waals surface area contributed by atoms with Crippen LogP contribution >= 0.6 is 0 Å². The minimum atomic E-state index is -0.828. The number of ether oxygens (including phenoxy) is 3. The van der Waals surface area contributed by atoms with E-state index in [9.17, 15) is 14.4 Å². The van der Waals surface area contributed by atoms with Crippen LogP contribution in [0, 0.1) is 0 Å². The zero-order valence-electron chi connectivity index (χ0n) is 50.6. The van der Waals surface area contributed by atoms with Crippen molar-refractivity contribution in [1.29, 1.82) is 0 Å². The molecule has 79 heavy (non-hydrogen) atoms. The number of carbonyl (C=O) groups is 3. The zero-order valence-corrected chi connectivity index (χ0v) is 50.6. The van der Waals surface area contributed by atoms with E-state index in [1.807, 2.05) is 0 Å². The quantitative estimate of drug-likeness (QED) is 0.0261. The van der Waals surface area contributed by atoms with Crippen LogP contribution in [-0.4, -0.2) is 37.2 Å². The molecule has 0 aliphatic heterocycles. The molecule has 0 rings (SSSR count). The molecule has 442 valence electrons. The minimum absolute atomic E-state index is 0.116. The molecule has 1 atom stereocenters. The molecule has 0 saturated carbocycles. The van der Waals surface area contributed by atoms with E-state index in [1.54, 1.807) is 0 Å². The maximum absolute atomic E-state index is 12.9. The summed E-state index contributed by atoms with van der Waals surface area (Å²) in [5.41, 5.74) is 0. The summed E-state index contributed by atoms with van der Waals surface area (Å²) < 4.78 is 16.8. The van der Waals surface area contributed by atoms with Gasteiger partial charge in [0.05, 0.1) is 0 Å². The number of hydrogen-bond acceptors (Lipinski definition) is 6. The molecule has 0 heterocycles. The fraction of sp³-hybridized carbons (Fsp3) is 0.575. The Morgan fingerprint density at radius 2 is 0.494 bits per heavy atom. The van der Waals surface area contributed by atoms with Crippen molar-refractivity contribution in [3.8, 4) is 0 Å². The maximum Gasteiger partial charge on any atom is 0.306 e. The molecule has 0 aromatic rings. The molecule has 0 aromatic heterocycles. The van der Waals surface area contributed by atoms with Crippen molar-refractivity contribution in [1.82, 2.24) is 0 Å². The van der Waals surface area contributed by atoms with Gasteiger partial charge < -0.3 is 14.2 Å². The van der Waals surface area contributed by atoms with E-state index >= 15 is 0 Å². The molecule has 0 fully saturated rings.